The average molecular weight is 449 g/mol. The third-order valence-corrected chi connectivity index (χ3v) is 6.22. The van der Waals surface area contributed by atoms with E-state index in [4.69, 9.17) is 34.8 Å². The Labute approximate surface area is 184 Å². The molecule has 1 fully saturated rings. The fraction of sp³-hybridized carbons (Fsp3) is 0.273. The van der Waals surface area contributed by atoms with E-state index in [1.165, 1.54) is 0 Å². The molecule has 1 aromatic heterocycles. The number of aromatic amines is 1. The number of H-pyrrole nitrogens is 1. The van der Waals surface area contributed by atoms with Crippen molar-refractivity contribution in [1.29, 1.82) is 0 Å². The second-order valence-electron chi connectivity index (χ2n) is 7.29. The van der Waals surface area contributed by atoms with Crippen molar-refractivity contribution >= 4 is 40.7 Å². The molecule has 1 N–H and O–H groups in total. The largest absolute Gasteiger partial charge is 0.336 e. The smallest absolute Gasteiger partial charge is 0.289 e. The fourth-order valence-corrected chi connectivity index (χ4v) is 4.42. The van der Waals surface area contributed by atoms with Gasteiger partial charge in [0.05, 0.1) is 16.4 Å². The van der Waals surface area contributed by atoms with Gasteiger partial charge in [-0.15, -0.1) is 0 Å². The summed E-state index contributed by atoms with van der Waals surface area (Å²) in [5.41, 5.74) is 2.90. The number of imidazole rings is 1. The Kier molecular flexibility index (Phi) is 5.86. The first-order valence-corrected chi connectivity index (χ1v) is 10.7. The maximum Gasteiger partial charge on any atom is 0.289 e. The van der Waals surface area contributed by atoms with E-state index in [9.17, 15) is 4.79 Å². The quantitative estimate of drug-likeness (QED) is 0.481. The standard InChI is InChI=1S/C22H20Cl3N3O/c1-28(16-4-2-3-5-16)22(29)21-26-19(13-6-8-14(23)9-7-13)20(27-21)17-11-10-15(24)12-18(17)25/h6-12,16H,2-5H2,1H3,(H,26,27). The van der Waals surface area contributed by atoms with Gasteiger partial charge in [-0.05, 0) is 43.2 Å². The Balaban J connectivity index is 1.80. The first-order valence-electron chi connectivity index (χ1n) is 9.52. The van der Waals surface area contributed by atoms with Crippen LogP contribution in [0.3, 0.4) is 0 Å². The molecule has 4 rings (SSSR count). The lowest BCUT2D eigenvalue weighted by Crippen LogP contribution is -2.35. The van der Waals surface area contributed by atoms with Crippen molar-refractivity contribution in [3.8, 4) is 22.5 Å². The highest BCUT2D eigenvalue weighted by molar-refractivity contribution is 6.36. The van der Waals surface area contributed by atoms with Gasteiger partial charge in [0.2, 0.25) is 0 Å². The molecule has 0 spiro atoms. The van der Waals surface area contributed by atoms with Gasteiger partial charge in [0.1, 0.15) is 0 Å². The molecule has 0 bridgehead atoms. The number of benzene rings is 2. The van der Waals surface area contributed by atoms with Crippen molar-refractivity contribution in [3.63, 3.8) is 0 Å². The van der Waals surface area contributed by atoms with E-state index in [0.717, 1.165) is 31.2 Å². The molecule has 0 aliphatic heterocycles. The summed E-state index contributed by atoms with van der Waals surface area (Å²) in [6, 6.07) is 12.9. The molecule has 7 heteroatoms. The topological polar surface area (TPSA) is 49.0 Å². The minimum absolute atomic E-state index is 0.122. The summed E-state index contributed by atoms with van der Waals surface area (Å²) in [7, 11) is 1.84. The van der Waals surface area contributed by atoms with Crippen molar-refractivity contribution < 1.29 is 4.79 Å². The van der Waals surface area contributed by atoms with Crippen molar-refractivity contribution in [2.24, 2.45) is 0 Å². The predicted molar refractivity (Wildman–Crippen MR) is 119 cm³/mol. The lowest BCUT2D eigenvalue weighted by molar-refractivity contribution is 0.0724. The van der Waals surface area contributed by atoms with Gasteiger partial charge in [0, 0.05) is 34.3 Å². The van der Waals surface area contributed by atoms with Crippen LogP contribution in [0.5, 0.6) is 0 Å². The molecule has 150 valence electrons. The van der Waals surface area contributed by atoms with Gasteiger partial charge >= 0.3 is 0 Å². The van der Waals surface area contributed by atoms with E-state index < -0.39 is 0 Å². The summed E-state index contributed by atoms with van der Waals surface area (Å²) in [4.78, 5) is 22.8. The van der Waals surface area contributed by atoms with E-state index in [2.05, 4.69) is 9.97 Å². The summed E-state index contributed by atoms with van der Waals surface area (Å²) in [5.74, 6) is 0.175. The van der Waals surface area contributed by atoms with Gasteiger partial charge in [0.15, 0.2) is 5.82 Å². The number of nitrogens with zero attached hydrogens (tertiary/aromatic N) is 2. The molecular weight excluding hydrogens is 429 g/mol. The third kappa shape index (κ3) is 4.16. The fourth-order valence-electron chi connectivity index (χ4n) is 3.80. The summed E-state index contributed by atoms with van der Waals surface area (Å²) in [6.45, 7) is 0. The summed E-state index contributed by atoms with van der Waals surface area (Å²) in [6.07, 6.45) is 4.37. The molecule has 29 heavy (non-hydrogen) atoms. The molecule has 1 saturated carbocycles. The first kappa shape index (κ1) is 20.3. The van der Waals surface area contributed by atoms with E-state index in [-0.39, 0.29) is 11.9 Å². The lowest BCUT2D eigenvalue weighted by atomic mass is 10.1. The highest BCUT2D eigenvalue weighted by atomic mass is 35.5. The van der Waals surface area contributed by atoms with E-state index >= 15 is 0 Å². The van der Waals surface area contributed by atoms with Crippen LogP contribution in [-0.2, 0) is 0 Å². The molecule has 0 saturated heterocycles. The normalized spacial score (nSPS) is 14.3. The van der Waals surface area contributed by atoms with Crippen molar-refractivity contribution in [1.82, 2.24) is 14.9 Å². The van der Waals surface area contributed by atoms with E-state index in [1.807, 2.05) is 25.2 Å². The Morgan fingerprint density at radius 1 is 1.03 bits per heavy atom. The average Bonchev–Trinajstić information content (AvgIpc) is 3.38. The highest BCUT2D eigenvalue weighted by Crippen LogP contribution is 2.36. The molecule has 1 amide bonds. The Bertz CT molecular complexity index is 1040. The maximum absolute atomic E-state index is 13.1. The zero-order chi connectivity index (χ0) is 20.5. The van der Waals surface area contributed by atoms with Gasteiger partial charge < -0.3 is 9.88 Å². The summed E-state index contributed by atoms with van der Waals surface area (Å²) < 4.78 is 0. The summed E-state index contributed by atoms with van der Waals surface area (Å²) in [5, 5.41) is 1.65. The Morgan fingerprint density at radius 3 is 2.34 bits per heavy atom. The number of nitrogens with one attached hydrogen (secondary N) is 1. The van der Waals surface area contributed by atoms with Gasteiger partial charge in [-0.3, -0.25) is 4.79 Å². The predicted octanol–water partition coefficient (Wildman–Crippen LogP) is 6.72. The number of rotatable bonds is 4. The van der Waals surface area contributed by atoms with Crippen LogP contribution in [-0.4, -0.2) is 33.9 Å². The Morgan fingerprint density at radius 2 is 1.69 bits per heavy atom. The molecule has 0 radical (unpaired) electrons. The van der Waals surface area contributed by atoms with Crippen LogP contribution < -0.4 is 0 Å². The van der Waals surface area contributed by atoms with Crippen LogP contribution in [0.2, 0.25) is 15.1 Å². The molecule has 1 aliphatic carbocycles. The van der Waals surface area contributed by atoms with E-state index in [0.29, 0.717) is 37.8 Å². The van der Waals surface area contributed by atoms with Crippen LogP contribution in [0.15, 0.2) is 42.5 Å². The minimum Gasteiger partial charge on any atom is -0.336 e. The summed E-state index contributed by atoms with van der Waals surface area (Å²) >= 11 is 18.6. The molecular formula is C22H20Cl3N3O. The van der Waals surface area contributed by atoms with Gasteiger partial charge in [0.25, 0.3) is 5.91 Å². The second-order valence-corrected chi connectivity index (χ2v) is 8.57. The van der Waals surface area contributed by atoms with Crippen molar-refractivity contribution in [2.75, 3.05) is 7.05 Å². The van der Waals surface area contributed by atoms with Crippen molar-refractivity contribution in [2.45, 2.75) is 31.7 Å². The van der Waals surface area contributed by atoms with E-state index in [1.54, 1.807) is 29.2 Å². The molecule has 0 unspecified atom stereocenters. The van der Waals surface area contributed by atoms with Crippen LogP contribution in [0.25, 0.3) is 22.5 Å². The van der Waals surface area contributed by atoms with Crippen LogP contribution in [0.4, 0.5) is 0 Å². The molecule has 1 aliphatic rings. The maximum atomic E-state index is 13.1. The zero-order valence-corrected chi connectivity index (χ0v) is 18.2. The number of halogens is 3. The second kappa shape index (κ2) is 8.39. The first-order chi connectivity index (χ1) is 13.9. The lowest BCUT2D eigenvalue weighted by Gasteiger charge is -2.23. The van der Waals surface area contributed by atoms with Crippen LogP contribution in [0, 0.1) is 0 Å². The molecule has 3 aromatic rings. The monoisotopic (exact) mass is 447 g/mol. The minimum atomic E-state index is -0.122. The number of carbonyl (C=O) groups excluding carboxylic acids is 1. The molecule has 4 nitrogen and oxygen atoms in total. The zero-order valence-electron chi connectivity index (χ0n) is 15.9. The molecule has 0 atom stereocenters. The number of aromatic nitrogens is 2. The number of amides is 1. The Hall–Kier alpha value is -2.01. The number of hydrogen-bond acceptors (Lipinski definition) is 2. The molecule has 1 heterocycles. The SMILES string of the molecule is CN(C(=O)c1nc(-c2ccc(Cl)cc2Cl)c(-c2ccc(Cl)cc2)[nH]1)C1CCCC1. The van der Waals surface area contributed by atoms with Gasteiger partial charge in [-0.2, -0.15) is 0 Å². The highest BCUT2D eigenvalue weighted by Gasteiger charge is 2.27. The third-order valence-electron chi connectivity index (χ3n) is 5.42. The van der Waals surface area contributed by atoms with Crippen molar-refractivity contribution in [3.05, 3.63) is 63.4 Å². The van der Waals surface area contributed by atoms with Gasteiger partial charge in [-0.1, -0.05) is 59.8 Å². The number of hydrogen-bond donors (Lipinski definition) is 1. The number of carbonyl (C=O) groups is 1. The van der Waals surface area contributed by atoms with Gasteiger partial charge in [-0.25, -0.2) is 4.98 Å². The molecule has 2 aromatic carbocycles. The van der Waals surface area contributed by atoms with Crippen LogP contribution >= 0.6 is 34.8 Å². The van der Waals surface area contributed by atoms with Crippen LogP contribution in [0.1, 0.15) is 36.3 Å².